The average molecular weight is 353 g/mol. The number of aromatic nitrogens is 1. The third-order valence-electron chi connectivity index (χ3n) is 3.01. The number of anilines is 2. The van der Waals surface area contributed by atoms with Gasteiger partial charge in [-0.15, -0.1) is 0 Å². The van der Waals surface area contributed by atoms with Gasteiger partial charge in [0.1, 0.15) is 0 Å². The van der Waals surface area contributed by atoms with Crippen molar-refractivity contribution >= 4 is 38.2 Å². The molecule has 3 aromatic rings. The number of benzene rings is 2. The van der Waals surface area contributed by atoms with Crippen LogP contribution in [0.2, 0.25) is 0 Å². The van der Waals surface area contributed by atoms with E-state index in [4.69, 9.17) is 0 Å². The number of hydrogen-bond donors (Lipinski definition) is 1. The molecule has 0 aliphatic carbocycles. The van der Waals surface area contributed by atoms with Crippen LogP contribution in [0.15, 0.2) is 46.9 Å². The van der Waals surface area contributed by atoms with Crippen molar-refractivity contribution < 1.29 is 13.2 Å². The Morgan fingerprint density at radius 1 is 0.905 bits per heavy atom. The molecule has 0 aliphatic heterocycles. The van der Waals surface area contributed by atoms with Gasteiger partial charge in [0.05, 0.1) is 0 Å². The number of nitrogens with zero attached hydrogens (tertiary/aromatic N) is 1. The molecule has 0 amide bonds. The minimum Gasteiger partial charge on any atom is -0.337 e. The Hall–Kier alpha value is -2.08. The molecule has 2 aromatic carbocycles. The van der Waals surface area contributed by atoms with Gasteiger partial charge in [0.15, 0.2) is 17.5 Å². The first-order chi connectivity index (χ1) is 10.1. The number of fused-ring (bicyclic) bond motifs is 1. The van der Waals surface area contributed by atoms with Gasteiger partial charge in [-0.1, -0.05) is 40.2 Å². The Morgan fingerprint density at radius 3 is 2.38 bits per heavy atom. The first-order valence-corrected chi connectivity index (χ1v) is 6.81. The monoisotopic (exact) mass is 352 g/mol. The van der Waals surface area contributed by atoms with E-state index in [-0.39, 0.29) is 5.82 Å². The van der Waals surface area contributed by atoms with E-state index in [1.165, 1.54) is 0 Å². The van der Waals surface area contributed by atoms with Crippen LogP contribution in [0.25, 0.3) is 10.8 Å². The van der Waals surface area contributed by atoms with Crippen molar-refractivity contribution in [1.29, 1.82) is 0 Å². The molecule has 3 rings (SSSR count). The minimum atomic E-state index is -1.35. The van der Waals surface area contributed by atoms with E-state index < -0.39 is 17.6 Å². The van der Waals surface area contributed by atoms with E-state index in [1.807, 2.05) is 24.3 Å². The van der Waals surface area contributed by atoms with E-state index in [1.54, 1.807) is 12.1 Å². The van der Waals surface area contributed by atoms with Gasteiger partial charge >= 0.3 is 0 Å². The minimum absolute atomic E-state index is 0.360. The molecule has 1 aromatic heterocycles. The van der Waals surface area contributed by atoms with Gasteiger partial charge in [0.25, 0.3) is 5.95 Å². The molecule has 6 heteroatoms. The standard InChI is InChI=1S/C15H8BrF3N2/c16-10-5-6-13(9-4-2-1-3-8(9)10)20-15-12(18)7-11(17)14(19)21-15/h1-7H,(H,20,21). The highest BCUT2D eigenvalue weighted by Gasteiger charge is 2.13. The molecule has 0 bridgehead atoms. The van der Waals surface area contributed by atoms with E-state index in [9.17, 15) is 13.2 Å². The van der Waals surface area contributed by atoms with Gasteiger partial charge in [-0.05, 0) is 17.5 Å². The highest BCUT2D eigenvalue weighted by molar-refractivity contribution is 9.10. The van der Waals surface area contributed by atoms with Crippen LogP contribution in [0.4, 0.5) is 24.7 Å². The van der Waals surface area contributed by atoms with Crippen LogP contribution in [0, 0.1) is 17.6 Å². The summed E-state index contributed by atoms with van der Waals surface area (Å²) in [5.74, 6) is -3.98. The van der Waals surface area contributed by atoms with Crippen LogP contribution in [0.1, 0.15) is 0 Å². The van der Waals surface area contributed by atoms with Crippen LogP contribution in [-0.2, 0) is 0 Å². The smallest absolute Gasteiger partial charge is 0.251 e. The van der Waals surface area contributed by atoms with Gasteiger partial charge < -0.3 is 5.32 Å². The van der Waals surface area contributed by atoms with Crippen molar-refractivity contribution in [3.63, 3.8) is 0 Å². The molecule has 21 heavy (non-hydrogen) atoms. The molecular weight excluding hydrogens is 345 g/mol. The molecule has 1 N–H and O–H groups in total. The second-order valence-electron chi connectivity index (χ2n) is 4.36. The summed E-state index contributed by atoms with van der Waals surface area (Å²) in [5, 5.41) is 4.41. The third-order valence-corrected chi connectivity index (χ3v) is 3.70. The van der Waals surface area contributed by atoms with Gasteiger partial charge in [0.2, 0.25) is 0 Å². The Morgan fingerprint density at radius 2 is 1.62 bits per heavy atom. The first-order valence-electron chi connectivity index (χ1n) is 6.02. The first kappa shape index (κ1) is 13.9. The molecular formula is C15H8BrF3N2. The van der Waals surface area contributed by atoms with E-state index in [0.29, 0.717) is 11.8 Å². The number of nitrogens with one attached hydrogen (secondary N) is 1. The maximum atomic E-state index is 13.7. The summed E-state index contributed by atoms with van der Waals surface area (Å²) < 4.78 is 40.6. The largest absolute Gasteiger partial charge is 0.337 e. The van der Waals surface area contributed by atoms with Crippen molar-refractivity contribution in [1.82, 2.24) is 4.98 Å². The van der Waals surface area contributed by atoms with E-state index in [0.717, 1.165) is 15.2 Å². The lowest BCUT2D eigenvalue weighted by Crippen LogP contribution is -2.02. The van der Waals surface area contributed by atoms with Crippen molar-refractivity contribution in [2.45, 2.75) is 0 Å². The van der Waals surface area contributed by atoms with Crippen LogP contribution in [0.3, 0.4) is 0 Å². The normalized spacial score (nSPS) is 10.9. The fourth-order valence-corrected chi connectivity index (χ4v) is 2.51. The van der Waals surface area contributed by atoms with Gasteiger partial charge in [0, 0.05) is 21.6 Å². The summed E-state index contributed by atoms with van der Waals surface area (Å²) in [4.78, 5) is 3.26. The van der Waals surface area contributed by atoms with Gasteiger partial charge in [-0.3, -0.25) is 0 Å². The summed E-state index contributed by atoms with van der Waals surface area (Å²) in [6, 6.07) is 11.4. The topological polar surface area (TPSA) is 24.9 Å². The molecule has 0 spiro atoms. The predicted molar refractivity (Wildman–Crippen MR) is 79.0 cm³/mol. The molecule has 1 heterocycles. The van der Waals surface area contributed by atoms with Crippen molar-refractivity contribution in [2.24, 2.45) is 0 Å². The second kappa shape index (κ2) is 5.37. The molecule has 0 radical (unpaired) electrons. The predicted octanol–water partition coefficient (Wildman–Crippen LogP) is 5.16. The number of halogens is 4. The summed E-state index contributed by atoms with van der Waals surface area (Å²) in [7, 11) is 0. The SMILES string of the molecule is Fc1cc(F)c(Nc2ccc(Br)c3ccccc23)nc1F. The van der Waals surface area contributed by atoms with Crippen molar-refractivity contribution in [3.8, 4) is 0 Å². The van der Waals surface area contributed by atoms with Crippen molar-refractivity contribution in [2.75, 3.05) is 5.32 Å². The lowest BCUT2D eigenvalue weighted by atomic mass is 10.1. The Bertz CT molecular complexity index is 837. The maximum absolute atomic E-state index is 13.7. The summed E-state index contributed by atoms with van der Waals surface area (Å²) in [5.41, 5.74) is 0.547. The van der Waals surface area contributed by atoms with Crippen LogP contribution in [-0.4, -0.2) is 4.98 Å². The number of rotatable bonds is 2. The summed E-state index contributed by atoms with van der Waals surface area (Å²) in [6.45, 7) is 0. The number of pyridine rings is 1. The molecule has 0 saturated carbocycles. The van der Waals surface area contributed by atoms with Gasteiger partial charge in [-0.25, -0.2) is 8.78 Å². The maximum Gasteiger partial charge on any atom is 0.251 e. The summed E-state index contributed by atoms with van der Waals surface area (Å²) in [6.07, 6.45) is 0. The molecule has 0 fully saturated rings. The zero-order valence-electron chi connectivity index (χ0n) is 10.5. The second-order valence-corrected chi connectivity index (χ2v) is 5.21. The highest BCUT2D eigenvalue weighted by Crippen LogP contribution is 2.32. The zero-order chi connectivity index (χ0) is 15.0. The lowest BCUT2D eigenvalue weighted by Gasteiger charge is -2.11. The average Bonchev–Trinajstić information content (AvgIpc) is 2.48. The zero-order valence-corrected chi connectivity index (χ0v) is 12.1. The Kier molecular flexibility index (Phi) is 3.55. The Balaban J connectivity index is 2.11. The Labute approximate surface area is 126 Å². The quantitative estimate of drug-likeness (QED) is 0.644. The molecule has 0 aliphatic rings. The fraction of sp³-hybridized carbons (Fsp3) is 0. The van der Waals surface area contributed by atoms with Crippen molar-refractivity contribution in [3.05, 3.63) is 64.5 Å². The van der Waals surface area contributed by atoms with Gasteiger partial charge in [-0.2, -0.15) is 9.37 Å². The molecule has 106 valence electrons. The van der Waals surface area contributed by atoms with Crippen LogP contribution >= 0.6 is 15.9 Å². The third kappa shape index (κ3) is 2.58. The fourth-order valence-electron chi connectivity index (χ4n) is 2.03. The molecule has 2 nitrogen and oxygen atoms in total. The van der Waals surface area contributed by atoms with E-state index >= 15 is 0 Å². The summed E-state index contributed by atoms with van der Waals surface area (Å²) >= 11 is 3.42. The van der Waals surface area contributed by atoms with Crippen LogP contribution in [0.5, 0.6) is 0 Å². The van der Waals surface area contributed by atoms with Crippen LogP contribution < -0.4 is 5.32 Å². The molecule has 0 unspecified atom stereocenters. The molecule has 0 saturated heterocycles. The molecule has 0 atom stereocenters. The highest BCUT2D eigenvalue weighted by atomic mass is 79.9. The number of hydrogen-bond acceptors (Lipinski definition) is 2. The lowest BCUT2D eigenvalue weighted by molar-refractivity contribution is 0.467. The van der Waals surface area contributed by atoms with E-state index in [2.05, 4.69) is 26.2 Å².